The second-order valence-electron chi connectivity index (χ2n) is 13.6. The normalized spacial score (nSPS) is 15.5. The molecule has 0 aliphatic heterocycles. The summed E-state index contributed by atoms with van der Waals surface area (Å²) in [6, 6.07) is 2.69. The van der Waals surface area contributed by atoms with E-state index in [1.807, 2.05) is 33.1 Å². The summed E-state index contributed by atoms with van der Waals surface area (Å²) in [5, 5.41) is 25.2. The highest BCUT2D eigenvalue weighted by atomic mass is 32.2. The number of aliphatic carboxylic acids is 1. The molecule has 6 amide bonds. The highest BCUT2D eigenvalue weighted by Gasteiger charge is 2.33. The van der Waals surface area contributed by atoms with Crippen molar-refractivity contribution in [1.29, 1.82) is 0 Å². The van der Waals surface area contributed by atoms with Crippen molar-refractivity contribution in [2.75, 3.05) is 25.1 Å². The van der Waals surface area contributed by atoms with Gasteiger partial charge in [-0.05, 0) is 68.6 Å². The highest BCUT2D eigenvalue weighted by Crippen LogP contribution is 2.12. The molecule has 8 atom stereocenters. The van der Waals surface area contributed by atoms with Crippen molar-refractivity contribution < 1.29 is 38.7 Å². The maximum atomic E-state index is 13.6. The molecular weight excluding hydrogens is 717 g/mol. The van der Waals surface area contributed by atoms with Crippen LogP contribution in [-0.2, 0) is 40.0 Å². The molecule has 54 heavy (non-hydrogen) atoms. The van der Waals surface area contributed by atoms with Gasteiger partial charge in [0.25, 0.3) is 0 Å². The number of nitrogens with one attached hydrogen (secondary N) is 6. The number of rotatable bonds is 26. The van der Waals surface area contributed by atoms with Gasteiger partial charge >= 0.3 is 5.97 Å². The fourth-order valence-corrected chi connectivity index (χ4v) is 5.79. The van der Waals surface area contributed by atoms with Crippen molar-refractivity contribution >= 4 is 53.2 Å². The molecule has 0 unspecified atom stereocenters. The molecule has 0 heterocycles. The number of carbonyl (C=O) groups excluding carboxylic acids is 6. The minimum absolute atomic E-state index is 0.0817. The maximum absolute atomic E-state index is 13.6. The molecule has 304 valence electrons. The Labute approximate surface area is 323 Å². The van der Waals surface area contributed by atoms with Crippen molar-refractivity contribution in [2.24, 2.45) is 23.3 Å². The first-order chi connectivity index (χ1) is 25.6. The number of carboxylic acid groups (broad SMARTS) is 1. The van der Waals surface area contributed by atoms with E-state index >= 15 is 0 Å². The second-order valence-corrected chi connectivity index (χ2v) is 14.6. The average Bonchev–Trinajstić information content (AvgIpc) is 3.15. The molecule has 1 aromatic rings. The largest absolute Gasteiger partial charge is 0.480 e. The molecule has 0 aliphatic rings. The van der Waals surface area contributed by atoms with Gasteiger partial charge in [-0.3, -0.25) is 28.8 Å². The van der Waals surface area contributed by atoms with Gasteiger partial charge in [0.1, 0.15) is 30.2 Å². The number of amides is 6. The van der Waals surface area contributed by atoms with Crippen molar-refractivity contribution in [3.8, 4) is 0 Å². The minimum atomic E-state index is -1.20. The van der Waals surface area contributed by atoms with Gasteiger partial charge in [-0.2, -0.15) is 11.8 Å². The smallest absolute Gasteiger partial charge is 0.326 e. The van der Waals surface area contributed by atoms with E-state index in [1.165, 1.54) is 6.92 Å². The Bertz CT molecular complexity index is 1370. The van der Waals surface area contributed by atoms with Gasteiger partial charge in [0.15, 0.2) is 0 Å². The Hall–Kier alpha value is -4.22. The SMILES string of the molecule is CC[C@H](C)[C@H](NC(=O)CNC(=O)[C@H](C)NC(=O)[C@H](Cc1ccccc1)NC(=O)[C@@H](NC(=O)[C@@H](N)CCSC)[C@@H](C)CC)C(=O)N[C@@H](CCCCN)C(=O)O. The third kappa shape index (κ3) is 17.3. The van der Waals surface area contributed by atoms with Gasteiger partial charge in [0, 0.05) is 6.42 Å². The predicted molar refractivity (Wildman–Crippen MR) is 209 cm³/mol. The molecule has 0 bridgehead atoms. The minimum Gasteiger partial charge on any atom is -0.480 e. The van der Waals surface area contributed by atoms with Crippen molar-refractivity contribution in [3.05, 3.63) is 35.9 Å². The van der Waals surface area contributed by atoms with Crippen LogP contribution < -0.4 is 43.4 Å². The Morgan fingerprint density at radius 3 is 1.83 bits per heavy atom. The molecule has 17 heteroatoms. The van der Waals surface area contributed by atoms with E-state index in [2.05, 4.69) is 31.9 Å². The molecular formula is C37H62N8O8S. The van der Waals surface area contributed by atoms with Gasteiger partial charge in [0.2, 0.25) is 35.4 Å². The van der Waals surface area contributed by atoms with E-state index in [4.69, 9.17) is 11.5 Å². The Balaban J connectivity index is 3.01. The average molecular weight is 779 g/mol. The van der Waals surface area contributed by atoms with Gasteiger partial charge in [-0.25, -0.2) is 4.79 Å². The zero-order chi connectivity index (χ0) is 40.8. The first kappa shape index (κ1) is 47.8. The molecule has 16 nitrogen and oxygen atoms in total. The fraction of sp³-hybridized carbons (Fsp3) is 0.649. The zero-order valence-corrected chi connectivity index (χ0v) is 33.3. The first-order valence-electron chi connectivity index (χ1n) is 18.6. The quantitative estimate of drug-likeness (QED) is 0.0573. The Kier molecular flexibility index (Phi) is 22.8. The molecule has 1 rings (SSSR count). The van der Waals surface area contributed by atoms with Gasteiger partial charge < -0.3 is 48.5 Å². The van der Waals surface area contributed by atoms with Gasteiger partial charge in [0.05, 0.1) is 12.6 Å². The topological polar surface area (TPSA) is 264 Å². The van der Waals surface area contributed by atoms with Crippen LogP contribution in [0.3, 0.4) is 0 Å². The van der Waals surface area contributed by atoms with Crippen LogP contribution in [0.4, 0.5) is 0 Å². The van der Waals surface area contributed by atoms with E-state index in [9.17, 15) is 38.7 Å². The second kappa shape index (κ2) is 25.7. The monoisotopic (exact) mass is 778 g/mol. The van der Waals surface area contributed by atoms with Crippen LogP contribution in [0, 0.1) is 11.8 Å². The lowest BCUT2D eigenvalue weighted by Crippen LogP contribution is -2.59. The van der Waals surface area contributed by atoms with Crippen LogP contribution in [0.5, 0.6) is 0 Å². The summed E-state index contributed by atoms with van der Waals surface area (Å²) < 4.78 is 0. The van der Waals surface area contributed by atoms with Crippen LogP contribution >= 0.6 is 11.8 Å². The summed E-state index contributed by atoms with van der Waals surface area (Å²) >= 11 is 1.55. The van der Waals surface area contributed by atoms with Gasteiger partial charge in [-0.15, -0.1) is 0 Å². The van der Waals surface area contributed by atoms with E-state index < -0.39 is 84.2 Å². The molecule has 0 radical (unpaired) electrons. The zero-order valence-electron chi connectivity index (χ0n) is 32.4. The van der Waals surface area contributed by atoms with Crippen molar-refractivity contribution in [3.63, 3.8) is 0 Å². The Morgan fingerprint density at radius 2 is 1.30 bits per heavy atom. The van der Waals surface area contributed by atoms with Crippen LogP contribution in [-0.4, -0.2) is 108 Å². The summed E-state index contributed by atoms with van der Waals surface area (Å²) in [4.78, 5) is 90.8. The van der Waals surface area contributed by atoms with Crippen LogP contribution in [0.2, 0.25) is 0 Å². The van der Waals surface area contributed by atoms with E-state index in [-0.39, 0.29) is 24.7 Å². The maximum Gasteiger partial charge on any atom is 0.326 e. The summed E-state index contributed by atoms with van der Waals surface area (Å²) in [7, 11) is 0. The summed E-state index contributed by atoms with van der Waals surface area (Å²) in [5.74, 6) is -4.96. The molecule has 0 aliphatic carbocycles. The molecule has 0 saturated carbocycles. The van der Waals surface area contributed by atoms with Crippen molar-refractivity contribution in [1.82, 2.24) is 31.9 Å². The molecule has 0 spiro atoms. The fourth-order valence-electron chi connectivity index (χ4n) is 5.30. The van der Waals surface area contributed by atoms with Gasteiger partial charge in [-0.1, -0.05) is 70.9 Å². The third-order valence-electron chi connectivity index (χ3n) is 9.23. The predicted octanol–water partition coefficient (Wildman–Crippen LogP) is 0.175. The van der Waals surface area contributed by atoms with E-state index in [0.29, 0.717) is 44.4 Å². The molecule has 0 aromatic heterocycles. The summed E-state index contributed by atoms with van der Waals surface area (Å²) in [6.45, 7) is 8.50. The molecule has 0 saturated heterocycles. The molecule has 11 N–H and O–H groups in total. The number of carboxylic acids is 1. The number of unbranched alkanes of at least 4 members (excludes halogenated alkanes) is 1. The lowest BCUT2D eigenvalue weighted by Gasteiger charge is -2.28. The van der Waals surface area contributed by atoms with Crippen LogP contribution in [0.1, 0.15) is 78.7 Å². The van der Waals surface area contributed by atoms with E-state index in [1.54, 1.807) is 43.0 Å². The number of carbonyl (C=O) groups is 7. The van der Waals surface area contributed by atoms with Crippen molar-refractivity contribution in [2.45, 2.75) is 116 Å². The lowest BCUT2D eigenvalue weighted by atomic mass is 9.96. The van der Waals surface area contributed by atoms with E-state index in [0.717, 1.165) is 5.56 Å². The molecule has 1 aromatic carbocycles. The summed E-state index contributed by atoms with van der Waals surface area (Å²) in [5.41, 5.74) is 12.3. The Morgan fingerprint density at radius 1 is 0.722 bits per heavy atom. The highest BCUT2D eigenvalue weighted by molar-refractivity contribution is 7.98. The standard InChI is InChI=1S/C37H62N8O8S/c1-7-22(3)30(35(50)42-27(37(52)53)16-12-13-18-38)44-29(46)21-40-32(47)24(5)41-34(49)28(20-25-14-10-9-11-15-25)43-36(51)31(23(4)8-2)45-33(48)26(39)17-19-54-6/h9-11,14-15,22-24,26-28,30-31H,7-8,12-13,16-21,38-39H2,1-6H3,(H,40,47)(H,41,49)(H,42,50)(H,43,51)(H,44,46)(H,45,48)(H,52,53)/t22-,23-,24-,26-,27-,28-,30-,31-/m0/s1. The number of hydrogen-bond acceptors (Lipinski definition) is 10. The molecule has 0 fully saturated rings. The third-order valence-corrected chi connectivity index (χ3v) is 9.87. The first-order valence-corrected chi connectivity index (χ1v) is 20.0. The number of hydrogen-bond donors (Lipinski definition) is 9. The number of thioether (sulfide) groups is 1. The summed E-state index contributed by atoms with van der Waals surface area (Å²) in [6.07, 6.45) is 4.74. The lowest BCUT2D eigenvalue weighted by molar-refractivity contribution is -0.142. The number of nitrogens with two attached hydrogens (primary N) is 2. The van der Waals surface area contributed by atoms with Crippen LogP contribution in [0.15, 0.2) is 30.3 Å². The number of benzene rings is 1. The van der Waals surface area contributed by atoms with Crippen LogP contribution in [0.25, 0.3) is 0 Å².